The van der Waals surface area contributed by atoms with Crippen LogP contribution < -0.4 is 5.73 Å². The highest BCUT2D eigenvalue weighted by Gasteiger charge is 2.31. The van der Waals surface area contributed by atoms with Gasteiger partial charge in [-0.05, 0) is 32.4 Å². The summed E-state index contributed by atoms with van der Waals surface area (Å²) in [6.45, 7) is 3.71. The van der Waals surface area contributed by atoms with E-state index in [0.717, 1.165) is 25.1 Å². The van der Waals surface area contributed by atoms with Crippen LogP contribution in [0.4, 0.5) is 0 Å². The van der Waals surface area contributed by atoms with Crippen molar-refractivity contribution in [2.45, 2.75) is 37.5 Å². The van der Waals surface area contributed by atoms with E-state index in [-0.39, 0.29) is 6.10 Å². The molecule has 1 heterocycles. The molecular weight excluding hydrogens is 250 g/mol. The van der Waals surface area contributed by atoms with E-state index >= 15 is 0 Å². The second-order valence-electron chi connectivity index (χ2n) is 5.61. The minimum atomic E-state index is -0.918. The molecule has 4 heteroatoms. The Labute approximate surface area is 121 Å². The molecule has 2 rings (SSSR count). The summed E-state index contributed by atoms with van der Waals surface area (Å²) in [4.78, 5) is 2.26. The molecule has 0 spiro atoms. The molecular formula is C16H23N3O. The van der Waals surface area contributed by atoms with Crippen LogP contribution >= 0.6 is 0 Å². The molecule has 108 valence electrons. The Balaban J connectivity index is 1.99. The van der Waals surface area contributed by atoms with Gasteiger partial charge in [0.1, 0.15) is 5.54 Å². The maximum absolute atomic E-state index is 9.45. The second-order valence-corrected chi connectivity index (χ2v) is 5.61. The molecule has 0 aliphatic carbocycles. The van der Waals surface area contributed by atoms with E-state index in [9.17, 15) is 5.26 Å². The standard InChI is InChI=1S/C16H23N3O/c1-13-15(8-11-20-13)19(2)10-9-16(18,12-17)14-6-4-3-5-7-14/h3-7,13,15H,8-11,18H2,1-2H3. The van der Waals surface area contributed by atoms with Crippen LogP contribution in [-0.2, 0) is 10.3 Å². The summed E-state index contributed by atoms with van der Waals surface area (Å²) in [5, 5.41) is 9.45. The number of nitriles is 1. The van der Waals surface area contributed by atoms with Gasteiger partial charge in [0.2, 0.25) is 0 Å². The fourth-order valence-corrected chi connectivity index (χ4v) is 2.82. The van der Waals surface area contributed by atoms with E-state index in [1.54, 1.807) is 0 Å². The normalized spacial score (nSPS) is 25.4. The molecule has 3 unspecified atom stereocenters. The largest absolute Gasteiger partial charge is 0.377 e. The maximum Gasteiger partial charge on any atom is 0.131 e. The highest BCUT2D eigenvalue weighted by atomic mass is 16.5. The highest BCUT2D eigenvalue weighted by Crippen LogP contribution is 2.24. The first-order valence-corrected chi connectivity index (χ1v) is 7.14. The lowest BCUT2D eigenvalue weighted by atomic mass is 9.89. The summed E-state index contributed by atoms with van der Waals surface area (Å²) in [6, 6.07) is 12.3. The van der Waals surface area contributed by atoms with Crippen molar-refractivity contribution in [2.24, 2.45) is 5.73 Å². The Morgan fingerprint density at radius 2 is 2.15 bits per heavy atom. The lowest BCUT2D eigenvalue weighted by Crippen LogP contribution is -2.43. The van der Waals surface area contributed by atoms with Gasteiger partial charge >= 0.3 is 0 Å². The molecule has 1 aliphatic heterocycles. The lowest BCUT2D eigenvalue weighted by Gasteiger charge is -2.30. The van der Waals surface area contributed by atoms with Crippen LogP contribution in [0.25, 0.3) is 0 Å². The lowest BCUT2D eigenvalue weighted by molar-refractivity contribution is 0.0818. The molecule has 3 atom stereocenters. The third-order valence-electron chi connectivity index (χ3n) is 4.25. The zero-order valence-corrected chi connectivity index (χ0v) is 12.2. The van der Waals surface area contributed by atoms with Gasteiger partial charge in [0.25, 0.3) is 0 Å². The predicted molar refractivity (Wildman–Crippen MR) is 79.0 cm³/mol. The topological polar surface area (TPSA) is 62.3 Å². The Hall–Kier alpha value is -1.41. The number of hydrogen-bond donors (Lipinski definition) is 1. The first kappa shape index (κ1) is 15.0. The van der Waals surface area contributed by atoms with Gasteiger partial charge in [0.15, 0.2) is 0 Å². The number of rotatable bonds is 5. The monoisotopic (exact) mass is 273 g/mol. The molecule has 1 fully saturated rings. The Morgan fingerprint density at radius 3 is 2.70 bits per heavy atom. The van der Waals surface area contributed by atoms with Crippen LogP contribution in [0.1, 0.15) is 25.3 Å². The molecule has 2 N–H and O–H groups in total. The molecule has 1 aromatic rings. The summed E-state index contributed by atoms with van der Waals surface area (Å²) in [5.74, 6) is 0. The van der Waals surface area contributed by atoms with Crippen LogP contribution in [-0.4, -0.2) is 37.2 Å². The van der Waals surface area contributed by atoms with Crippen molar-refractivity contribution < 1.29 is 4.74 Å². The fraction of sp³-hybridized carbons (Fsp3) is 0.562. The second kappa shape index (κ2) is 6.36. The number of likely N-dealkylation sites (N-methyl/N-ethyl adjacent to an activating group) is 1. The Kier molecular flexibility index (Phi) is 4.77. The van der Waals surface area contributed by atoms with Gasteiger partial charge in [-0.2, -0.15) is 5.26 Å². The Morgan fingerprint density at radius 1 is 1.45 bits per heavy atom. The van der Waals surface area contributed by atoms with E-state index in [1.807, 2.05) is 30.3 Å². The van der Waals surface area contributed by atoms with Crippen LogP contribution in [0.5, 0.6) is 0 Å². The minimum Gasteiger partial charge on any atom is -0.377 e. The van der Waals surface area contributed by atoms with Crippen LogP contribution in [0, 0.1) is 11.3 Å². The third kappa shape index (κ3) is 3.18. The zero-order chi connectivity index (χ0) is 14.6. The zero-order valence-electron chi connectivity index (χ0n) is 12.2. The number of nitrogens with two attached hydrogens (primary N) is 1. The van der Waals surface area contributed by atoms with Gasteiger partial charge in [-0.3, -0.25) is 0 Å². The van der Waals surface area contributed by atoms with Gasteiger partial charge in [0.05, 0.1) is 12.2 Å². The average Bonchev–Trinajstić information content (AvgIpc) is 2.91. The van der Waals surface area contributed by atoms with Crippen molar-refractivity contribution in [3.8, 4) is 6.07 Å². The molecule has 0 radical (unpaired) electrons. The highest BCUT2D eigenvalue weighted by molar-refractivity contribution is 5.30. The Bertz CT molecular complexity index is 470. The van der Waals surface area contributed by atoms with Crippen molar-refractivity contribution in [1.82, 2.24) is 4.90 Å². The van der Waals surface area contributed by atoms with Gasteiger partial charge in [0, 0.05) is 19.2 Å². The molecule has 0 aromatic heterocycles. The van der Waals surface area contributed by atoms with Gasteiger partial charge < -0.3 is 15.4 Å². The predicted octanol–water partition coefficient (Wildman–Crippen LogP) is 1.86. The summed E-state index contributed by atoms with van der Waals surface area (Å²) >= 11 is 0. The van der Waals surface area contributed by atoms with E-state index in [2.05, 4.69) is 24.9 Å². The molecule has 0 bridgehead atoms. The van der Waals surface area contributed by atoms with E-state index in [0.29, 0.717) is 12.5 Å². The van der Waals surface area contributed by atoms with Crippen molar-refractivity contribution in [3.63, 3.8) is 0 Å². The van der Waals surface area contributed by atoms with Gasteiger partial charge in [-0.15, -0.1) is 0 Å². The smallest absolute Gasteiger partial charge is 0.131 e. The third-order valence-corrected chi connectivity index (χ3v) is 4.25. The molecule has 0 amide bonds. The molecule has 0 saturated carbocycles. The van der Waals surface area contributed by atoms with E-state index in [1.165, 1.54) is 0 Å². The quantitative estimate of drug-likeness (QED) is 0.889. The summed E-state index contributed by atoms with van der Waals surface area (Å²) in [7, 11) is 2.08. The fourth-order valence-electron chi connectivity index (χ4n) is 2.82. The van der Waals surface area contributed by atoms with Crippen LogP contribution in [0.15, 0.2) is 30.3 Å². The maximum atomic E-state index is 9.45. The van der Waals surface area contributed by atoms with Crippen molar-refractivity contribution in [2.75, 3.05) is 20.2 Å². The number of benzene rings is 1. The molecule has 1 aliphatic rings. The summed E-state index contributed by atoms with van der Waals surface area (Å²) < 4.78 is 5.59. The number of hydrogen-bond acceptors (Lipinski definition) is 4. The van der Waals surface area contributed by atoms with E-state index < -0.39 is 5.54 Å². The van der Waals surface area contributed by atoms with Crippen molar-refractivity contribution in [3.05, 3.63) is 35.9 Å². The SMILES string of the molecule is CC1OCCC1N(C)CCC(N)(C#N)c1ccccc1. The minimum absolute atomic E-state index is 0.256. The molecule has 1 aromatic carbocycles. The van der Waals surface area contributed by atoms with Crippen molar-refractivity contribution in [1.29, 1.82) is 5.26 Å². The van der Waals surface area contributed by atoms with Crippen LogP contribution in [0.3, 0.4) is 0 Å². The molecule has 20 heavy (non-hydrogen) atoms. The number of nitrogens with zero attached hydrogens (tertiary/aromatic N) is 2. The van der Waals surface area contributed by atoms with Crippen molar-refractivity contribution >= 4 is 0 Å². The van der Waals surface area contributed by atoms with E-state index in [4.69, 9.17) is 10.5 Å². The van der Waals surface area contributed by atoms with Gasteiger partial charge in [-0.25, -0.2) is 0 Å². The van der Waals surface area contributed by atoms with Crippen LogP contribution in [0.2, 0.25) is 0 Å². The first-order valence-electron chi connectivity index (χ1n) is 7.14. The van der Waals surface area contributed by atoms with Gasteiger partial charge in [-0.1, -0.05) is 30.3 Å². The average molecular weight is 273 g/mol. The molecule has 1 saturated heterocycles. The number of ether oxygens (including phenoxy) is 1. The summed E-state index contributed by atoms with van der Waals surface area (Å²) in [5.41, 5.74) is 6.24. The summed E-state index contributed by atoms with van der Waals surface area (Å²) in [6.07, 6.45) is 1.92. The first-order chi connectivity index (χ1) is 9.57. The molecule has 4 nitrogen and oxygen atoms in total.